The summed E-state index contributed by atoms with van der Waals surface area (Å²) in [5, 5.41) is 5.04. The van der Waals surface area contributed by atoms with Gasteiger partial charge in [0, 0.05) is 6.04 Å². The van der Waals surface area contributed by atoms with E-state index in [4.69, 9.17) is 0 Å². The number of aromatic nitrogens is 3. The van der Waals surface area contributed by atoms with Gasteiger partial charge in [-0.1, -0.05) is 0 Å². The van der Waals surface area contributed by atoms with Gasteiger partial charge in [0.1, 0.15) is 12.4 Å². The van der Waals surface area contributed by atoms with Crippen molar-refractivity contribution in [3.8, 4) is 0 Å². The van der Waals surface area contributed by atoms with Gasteiger partial charge in [0.25, 0.3) is 0 Å². The fourth-order valence-corrected chi connectivity index (χ4v) is 0.969. The zero-order valence-corrected chi connectivity index (χ0v) is 9.71. The summed E-state index contributed by atoms with van der Waals surface area (Å²) in [7, 11) is 0. The molecule has 0 aliphatic rings. The van der Waals surface area contributed by atoms with Crippen molar-refractivity contribution < 1.29 is 13.2 Å². The van der Waals surface area contributed by atoms with E-state index in [9.17, 15) is 13.2 Å². The number of rotatable bonds is 4. The minimum atomic E-state index is -4.34. The molecule has 1 unspecified atom stereocenters. The molecule has 0 aliphatic heterocycles. The lowest BCUT2D eigenvalue weighted by Gasteiger charge is -2.17. The van der Waals surface area contributed by atoms with Crippen molar-refractivity contribution in [1.29, 1.82) is 0 Å². The molecule has 1 heterocycles. The molecule has 0 fully saturated rings. The van der Waals surface area contributed by atoms with Gasteiger partial charge in [-0.25, -0.2) is 9.97 Å². The van der Waals surface area contributed by atoms with Crippen LogP contribution in [-0.2, 0) is 0 Å². The zero-order valence-electron chi connectivity index (χ0n) is 9.71. The Bertz CT molecular complexity index is 366. The molecule has 0 aromatic carbocycles. The standard InChI is InChI=1S/C9H14F3N5/c1-5(2)15-7-13-4-14-8(17-7)16-6(3)9(10,11)12/h4-6H,1-3H3,(H2,13,14,15,16,17). The van der Waals surface area contributed by atoms with Crippen LogP contribution in [0.5, 0.6) is 0 Å². The third-order valence-corrected chi connectivity index (χ3v) is 1.83. The molecule has 8 heteroatoms. The van der Waals surface area contributed by atoms with Gasteiger partial charge in [-0.15, -0.1) is 0 Å². The molecule has 2 N–H and O–H groups in total. The highest BCUT2D eigenvalue weighted by molar-refractivity contribution is 5.34. The Hall–Kier alpha value is -1.60. The second-order valence-electron chi connectivity index (χ2n) is 3.84. The molecule has 1 aromatic heterocycles. The zero-order chi connectivity index (χ0) is 13.1. The maximum atomic E-state index is 12.3. The molecule has 0 saturated heterocycles. The van der Waals surface area contributed by atoms with E-state index >= 15 is 0 Å². The highest BCUT2D eigenvalue weighted by Gasteiger charge is 2.36. The van der Waals surface area contributed by atoms with Gasteiger partial charge in [0.2, 0.25) is 11.9 Å². The van der Waals surface area contributed by atoms with E-state index in [0.29, 0.717) is 0 Å². The Morgan fingerprint density at radius 1 is 1.06 bits per heavy atom. The number of hydrogen-bond donors (Lipinski definition) is 2. The summed E-state index contributed by atoms with van der Waals surface area (Å²) < 4.78 is 36.9. The second-order valence-corrected chi connectivity index (χ2v) is 3.84. The first kappa shape index (κ1) is 13.5. The molecular weight excluding hydrogens is 235 g/mol. The maximum absolute atomic E-state index is 12.3. The summed E-state index contributed by atoms with van der Waals surface area (Å²) in [6.45, 7) is 4.74. The number of nitrogens with zero attached hydrogens (tertiary/aromatic N) is 3. The van der Waals surface area contributed by atoms with Gasteiger partial charge in [-0.2, -0.15) is 18.2 Å². The van der Waals surface area contributed by atoms with Crippen molar-refractivity contribution in [2.24, 2.45) is 0 Å². The lowest BCUT2D eigenvalue weighted by atomic mass is 10.3. The van der Waals surface area contributed by atoms with Gasteiger partial charge in [-0.3, -0.25) is 0 Å². The lowest BCUT2D eigenvalue weighted by molar-refractivity contribution is -0.138. The van der Waals surface area contributed by atoms with Gasteiger partial charge in [-0.05, 0) is 20.8 Å². The average molecular weight is 249 g/mol. The topological polar surface area (TPSA) is 62.7 Å². The third kappa shape index (κ3) is 4.41. The van der Waals surface area contributed by atoms with E-state index in [0.717, 1.165) is 13.3 Å². The minimum Gasteiger partial charge on any atom is -0.352 e. The first-order chi connectivity index (χ1) is 7.79. The molecule has 1 rings (SSSR count). The molecule has 0 radical (unpaired) electrons. The Labute approximate surface area is 96.9 Å². The highest BCUT2D eigenvalue weighted by atomic mass is 19.4. The van der Waals surface area contributed by atoms with Crippen LogP contribution in [0.3, 0.4) is 0 Å². The van der Waals surface area contributed by atoms with Crippen LogP contribution in [0.15, 0.2) is 6.33 Å². The number of nitrogens with one attached hydrogen (secondary N) is 2. The van der Waals surface area contributed by atoms with Crippen molar-refractivity contribution in [2.45, 2.75) is 39.0 Å². The maximum Gasteiger partial charge on any atom is 0.408 e. The van der Waals surface area contributed by atoms with E-state index in [1.54, 1.807) is 0 Å². The Balaban J connectivity index is 2.72. The van der Waals surface area contributed by atoms with Crippen LogP contribution in [0.25, 0.3) is 0 Å². The summed E-state index contributed by atoms with van der Waals surface area (Å²) >= 11 is 0. The summed E-state index contributed by atoms with van der Waals surface area (Å²) in [5.41, 5.74) is 0. The van der Waals surface area contributed by atoms with E-state index < -0.39 is 12.2 Å². The molecular formula is C9H14F3N5. The van der Waals surface area contributed by atoms with Crippen molar-refractivity contribution in [3.63, 3.8) is 0 Å². The molecule has 96 valence electrons. The van der Waals surface area contributed by atoms with Crippen LogP contribution in [-0.4, -0.2) is 33.2 Å². The van der Waals surface area contributed by atoms with Crippen molar-refractivity contribution in [1.82, 2.24) is 15.0 Å². The number of hydrogen-bond acceptors (Lipinski definition) is 5. The number of alkyl halides is 3. The summed E-state index contributed by atoms with van der Waals surface area (Å²) in [4.78, 5) is 11.2. The normalized spacial score (nSPS) is 13.6. The molecule has 0 amide bonds. The van der Waals surface area contributed by atoms with Crippen LogP contribution in [0.1, 0.15) is 20.8 Å². The van der Waals surface area contributed by atoms with Crippen LogP contribution in [0, 0.1) is 0 Å². The fourth-order valence-electron chi connectivity index (χ4n) is 0.969. The highest BCUT2D eigenvalue weighted by Crippen LogP contribution is 2.21. The number of anilines is 2. The van der Waals surface area contributed by atoms with E-state index in [-0.39, 0.29) is 17.9 Å². The molecule has 1 aromatic rings. The molecule has 0 spiro atoms. The number of halogens is 3. The van der Waals surface area contributed by atoms with Crippen molar-refractivity contribution in [3.05, 3.63) is 6.33 Å². The van der Waals surface area contributed by atoms with Crippen LogP contribution >= 0.6 is 0 Å². The molecule has 0 bridgehead atoms. The van der Waals surface area contributed by atoms with Gasteiger partial charge < -0.3 is 10.6 Å². The first-order valence-corrected chi connectivity index (χ1v) is 5.08. The molecule has 17 heavy (non-hydrogen) atoms. The molecule has 0 aliphatic carbocycles. The Morgan fingerprint density at radius 3 is 2.06 bits per heavy atom. The van der Waals surface area contributed by atoms with Crippen LogP contribution in [0.2, 0.25) is 0 Å². The van der Waals surface area contributed by atoms with E-state index in [1.165, 1.54) is 0 Å². The summed E-state index contributed by atoms with van der Waals surface area (Å²) in [6.07, 6.45) is -3.18. The summed E-state index contributed by atoms with van der Waals surface area (Å²) in [5.74, 6) is 0.139. The minimum absolute atomic E-state index is 0.0882. The van der Waals surface area contributed by atoms with Gasteiger partial charge in [0.05, 0.1) is 0 Å². The van der Waals surface area contributed by atoms with Gasteiger partial charge >= 0.3 is 6.18 Å². The molecule has 5 nitrogen and oxygen atoms in total. The van der Waals surface area contributed by atoms with Crippen LogP contribution < -0.4 is 10.6 Å². The largest absolute Gasteiger partial charge is 0.408 e. The lowest BCUT2D eigenvalue weighted by Crippen LogP contribution is -2.33. The predicted molar refractivity (Wildman–Crippen MR) is 57.7 cm³/mol. The fraction of sp³-hybridized carbons (Fsp3) is 0.667. The third-order valence-electron chi connectivity index (χ3n) is 1.83. The quantitative estimate of drug-likeness (QED) is 0.855. The first-order valence-electron chi connectivity index (χ1n) is 5.08. The van der Waals surface area contributed by atoms with Crippen molar-refractivity contribution in [2.75, 3.05) is 10.6 Å². The average Bonchev–Trinajstić information content (AvgIpc) is 2.15. The monoisotopic (exact) mass is 249 g/mol. The van der Waals surface area contributed by atoms with E-state index in [1.807, 2.05) is 13.8 Å². The SMILES string of the molecule is CC(C)Nc1ncnc(NC(C)C(F)(F)F)n1. The predicted octanol–water partition coefficient (Wildman–Crippen LogP) is 2.05. The van der Waals surface area contributed by atoms with Gasteiger partial charge in [0.15, 0.2) is 0 Å². The molecule has 1 atom stereocenters. The smallest absolute Gasteiger partial charge is 0.352 e. The summed E-state index contributed by atoms with van der Waals surface area (Å²) in [6, 6.07) is -1.62. The Kier molecular flexibility index (Phi) is 4.08. The second kappa shape index (κ2) is 5.15. The van der Waals surface area contributed by atoms with E-state index in [2.05, 4.69) is 25.6 Å². The van der Waals surface area contributed by atoms with Crippen molar-refractivity contribution >= 4 is 11.9 Å². The molecule has 0 saturated carbocycles. The Morgan fingerprint density at radius 2 is 1.59 bits per heavy atom. The van der Waals surface area contributed by atoms with Crippen LogP contribution in [0.4, 0.5) is 25.1 Å².